The van der Waals surface area contributed by atoms with Gasteiger partial charge in [0.15, 0.2) is 0 Å². The minimum atomic E-state index is -0.357. The van der Waals surface area contributed by atoms with Crippen molar-refractivity contribution in [3.8, 4) is 0 Å². The highest BCUT2D eigenvalue weighted by Gasteiger charge is 2.19. The van der Waals surface area contributed by atoms with E-state index in [0.717, 1.165) is 4.90 Å². The Morgan fingerprint density at radius 1 is 1.87 bits per heavy atom. The van der Waals surface area contributed by atoms with Gasteiger partial charge in [0, 0.05) is 25.2 Å². The van der Waals surface area contributed by atoms with Crippen LogP contribution in [0.25, 0.3) is 0 Å². The third-order valence-corrected chi connectivity index (χ3v) is 2.83. The third kappa shape index (κ3) is 3.54. The van der Waals surface area contributed by atoms with E-state index in [1.165, 1.54) is 11.8 Å². The highest BCUT2D eigenvalue weighted by atomic mass is 32.2. The van der Waals surface area contributed by atoms with E-state index in [0.29, 0.717) is 6.61 Å². The molecule has 0 saturated heterocycles. The van der Waals surface area contributed by atoms with Crippen molar-refractivity contribution >= 4 is 17.7 Å². The van der Waals surface area contributed by atoms with Crippen LogP contribution in [0.2, 0.25) is 0 Å². The lowest BCUT2D eigenvalue weighted by Crippen LogP contribution is -2.39. The number of nitrogens with one attached hydrogen (secondary N) is 1. The minimum Gasteiger partial charge on any atom is -0.383 e. The number of methoxy groups -OCH3 is 1. The number of carbonyl (C=O) groups is 1. The molecule has 0 spiro atoms. The van der Waals surface area contributed by atoms with E-state index in [-0.39, 0.29) is 11.2 Å². The first kappa shape index (κ1) is 12.0. The number of aryl methyl sites for hydroxylation is 1. The fraction of sp³-hybridized carbons (Fsp3) is 0.500. The molecule has 0 radical (unpaired) electrons. The van der Waals surface area contributed by atoms with E-state index >= 15 is 0 Å². The summed E-state index contributed by atoms with van der Waals surface area (Å²) in [6.45, 7) is 0.308. The summed E-state index contributed by atoms with van der Waals surface area (Å²) in [4.78, 5) is 12.3. The largest absolute Gasteiger partial charge is 0.383 e. The standard InChI is InChI=1S/C8H14N4O2S/c1-12-4-6(3-10-12)15-7(5-14-2)8(13)11-9/h3-4,7H,5,9H2,1-2H3,(H,11,13). The summed E-state index contributed by atoms with van der Waals surface area (Å²) < 4.78 is 6.61. The number of carbonyl (C=O) groups excluding carboxylic acids is 1. The number of nitrogens with two attached hydrogens (primary N) is 1. The summed E-state index contributed by atoms with van der Waals surface area (Å²) in [5, 5.41) is 3.65. The van der Waals surface area contributed by atoms with Crippen LogP contribution in [0, 0.1) is 0 Å². The van der Waals surface area contributed by atoms with Crippen LogP contribution >= 0.6 is 11.8 Å². The molecule has 1 unspecified atom stereocenters. The van der Waals surface area contributed by atoms with E-state index < -0.39 is 0 Å². The van der Waals surface area contributed by atoms with Gasteiger partial charge in [-0.3, -0.25) is 14.9 Å². The van der Waals surface area contributed by atoms with E-state index in [1.54, 1.807) is 18.0 Å². The minimum absolute atomic E-state index is 0.259. The highest BCUT2D eigenvalue weighted by molar-refractivity contribution is 8.00. The number of aromatic nitrogens is 2. The van der Waals surface area contributed by atoms with Crippen molar-refractivity contribution in [1.29, 1.82) is 0 Å². The molecular weight excluding hydrogens is 216 g/mol. The zero-order valence-electron chi connectivity index (χ0n) is 8.64. The van der Waals surface area contributed by atoms with Gasteiger partial charge >= 0.3 is 0 Å². The highest BCUT2D eigenvalue weighted by Crippen LogP contribution is 2.22. The molecule has 0 saturated carbocycles. The lowest BCUT2D eigenvalue weighted by Gasteiger charge is -2.12. The van der Waals surface area contributed by atoms with E-state index in [9.17, 15) is 4.79 Å². The Balaban J connectivity index is 2.62. The maximum absolute atomic E-state index is 11.3. The molecule has 6 nitrogen and oxygen atoms in total. The van der Waals surface area contributed by atoms with Crippen molar-refractivity contribution in [3.05, 3.63) is 12.4 Å². The number of rotatable bonds is 5. The summed E-state index contributed by atoms with van der Waals surface area (Å²) in [5.74, 6) is 4.81. The molecule has 1 rings (SSSR count). The molecule has 15 heavy (non-hydrogen) atoms. The topological polar surface area (TPSA) is 82.2 Å². The van der Waals surface area contributed by atoms with Crippen LogP contribution in [-0.4, -0.2) is 34.7 Å². The van der Waals surface area contributed by atoms with Gasteiger partial charge in [-0.2, -0.15) is 5.10 Å². The molecule has 1 amide bonds. The molecule has 84 valence electrons. The number of hydrazine groups is 1. The van der Waals surface area contributed by atoms with Gasteiger partial charge in [0.25, 0.3) is 0 Å². The first-order valence-corrected chi connectivity index (χ1v) is 5.20. The van der Waals surface area contributed by atoms with Crippen molar-refractivity contribution in [2.45, 2.75) is 10.1 Å². The van der Waals surface area contributed by atoms with Crippen LogP contribution in [0.15, 0.2) is 17.3 Å². The van der Waals surface area contributed by atoms with Gasteiger partial charge in [-0.25, -0.2) is 5.84 Å². The van der Waals surface area contributed by atoms with Crippen molar-refractivity contribution < 1.29 is 9.53 Å². The summed E-state index contributed by atoms with van der Waals surface area (Å²) in [7, 11) is 3.36. The van der Waals surface area contributed by atoms with E-state index in [4.69, 9.17) is 10.6 Å². The molecule has 1 aromatic heterocycles. The quantitative estimate of drug-likeness (QED) is 0.309. The van der Waals surface area contributed by atoms with E-state index in [1.807, 2.05) is 13.2 Å². The van der Waals surface area contributed by atoms with Gasteiger partial charge < -0.3 is 4.74 Å². The second-order valence-electron chi connectivity index (χ2n) is 2.92. The summed E-state index contributed by atoms with van der Waals surface area (Å²) in [5.41, 5.74) is 2.11. The Kier molecular flexibility index (Phi) is 4.60. The van der Waals surface area contributed by atoms with Gasteiger partial charge in [-0.15, -0.1) is 11.8 Å². The SMILES string of the molecule is COCC(Sc1cnn(C)c1)C(=O)NN. The van der Waals surface area contributed by atoms with Gasteiger partial charge in [-0.1, -0.05) is 0 Å². The monoisotopic (exact) mass is 230 g/mol. The Bertz CT molecular complexity index is 328. The van der Waals surface area contributed by atoms with Crippen molar-refractivity contribution in [1.82, 2.24) is 15.2 Å². The van der Waals surface area contributed by atoms with Crippen LogP contribution in [0.4, 0.5) is 0 Å². The molecule has 1 aromatic rings. The van der Waals surface area contributed by atoms with Gasteiger partial charge in [0.1, 0.15) is 5.25 Å². The predicted molar refractivity (Wildman–Crippen MR) is 57.1 cm³/mol. The Labute approximate surface area is 92.1 Å². The van der Waals surface area contributed by atoms with Gasteiger partial charge in [0.05, 0.1) is 12.8 Å². The number of thioether (sulfide) groups is 1. The maximum Gasteiger partial charge on any atom is 0.249 e. The maximum atomic E-state index is 11.3. The van der Waals surface area contributed by atoms with Gasteiger partial charge in [-0.05, 0) is 0 Å². The van der Waals surface area contributed by atoms with Crippen LogP contribution in [0.5, 0.6) is 0 Å². The molecule has 3 N–H and O–H groups in total. The second kappa shape index (κ2) is 5.74. The molecule has 0 fully saturated rings. The van der Waals surface area contributed by atoms with Crippen LogP contribution in [0.1, 0.15) is 0 Å². The molecule has 0 aromatic carbocycles. The number of hydrogen-bond acceptors (Lipinski definition) is 5. The molecule has 7 heteroatoms. The first-order valence-electron chi connectivity index (χ1n) is 4.32. The van der Waals surface area contributed by atoms with Crippen LogP contribution in [-0.2, 0) is 16.6 Å². The predicted octanol–water partition coefficient (Wildman–Crippen LogP) is -0.483. The van der Waals surface area contributed by atoms with E-state index in [2.05, 4.69) is 10.5 Å². The van der Waals surface area contributed by atoms with Gasteiger partial charge in [0.2, 0.25) is 5.91 Å². The molecule has 0 aliphatic rings. The normalized spacial score (nSPS) is 12.5. The first-order chi connectivity index (χ1) is 7.17. The Morgan fingerprint density at radius 2 is 2.60 bits per heavy atom. The third-order valence-electron chi connectivity index (χ3n) is 1.71. The summed E-state index contributed by atoms with van der Waals surface area (Å²) in [6.07, 6.45) is 3.52. The Hall–Kier alpha value is -1.05. The zero-order valence-corrected chi connectivity index (χ0v) is 9.45. The number of nitrogens with zero attached hydrogens (tertiary/aromatic N) is 2. The van der Waals surface area contributed by atoms with Crippen LogP contribution < -0.4 is 11.3 Å². The van der Waals surface area contributed by atoms with Crippen molar-refractivity contribution in [2.75, 3.05) is 13.7 Å². The average Bonchev–Trinajstić information content (AvgIpc) is 2.62. The lowest BCUT2D eigenvalue weighted by atomic mass is 10.4. The summed E-state index contributed by atoms with van der Waals surface area (Å²) in [6, 6.07) is 0. The fourth-order valence-electron chi connectivity index (χ4n) is 1.03. The zero-order chi connectivity index (χ0) is 11.3. The average molecular weight is 230 g/mol. The fourth-order valence-corrected chi connectivity index (χ4v) is 2.06. The number of hydrogen-bond donors (Lipinski definition) is 2. The number of amides is 1. The second-order valence-corrected chi connectivity index (χ2v) is 4.20. The smallest absolute Gasteiger partial charge is 0.249 e. The number of ether oxygens (including phenoxy) is 1. The molecular formula is C8H14N4O2S. The summed E-state index contributed by atoms with van der Waals surface area (Å²) >= 11 is 1.37. The van der Waals surface area contributed by atoms with Crippen molar-refractivity contribution in [2.24, 2.45) is 12.9 Å². The van der Waals surface area contributed by atoms with Crippen molar-refractivity contribution in [3.63, 3.8) is 0 Å². The molecule has 1 atom stereocenters. The lowest BCUT2D eigenvalue weighted by molar-refractivity contribution is -0.121. The molecule has 0 aliphatic carbocycles. The molecule has 1 heterocycles. The Morgan fingerprint density at radius 3 is 3.07 bits per heavy atom. The van der Waals surface area contributed by atoms with Crippen LogP contribution in [0.3, 0.4) is 0 Å². The molecule has 0 aliphatic heterocycles. The molecule has 0 bridgehead atoms.